The zero-order chi connectivity index (χ0) is 29.8. The first-order valence-corrected chi connectivity index (χ1v) is 14.7. The molecule has 220 valence electrons. The number of rotatable bonds is 3. The largest absolute Gasteiger partial charge is 0.444 e. The van der Waals surface area contributed by atoms with Crippen molar-refractivity contribution < 1.29 is 23.0 Å². The van der Waals surface area contributed by atoms with Gasteiger partial charge < -0.3 is 14.4 Å². The molecule has 2 aromatic carbocycles. The molecule has 0 N–H and O–H groups in total. The molecule has 3 atom stereocenters. The highest BCUT2D eigenvalue weighted by Crippen LogP contribution is 2.44. The average molecular weight is 587 g/mol. The minimum atomic E-state index is -0.666. The minimum Gasteiger partial charge on any atom is -0.444 e. The lowest BCUT2D eigenvalue weighted by Gasteiger charge is -2.45. The maximum absolute atomic E-state index is 15.1. The zero-order valence-electron chi connectivity index (χ0n) is 24.5. The van der Waals surface area contributed by atoms with Crippen LogP contribution in [0.25, 0.3) is 22.0 Å². The van der Waals surface area contributed by atoms with Gasteiger partial charge in [0.1, 0.15) is 23.1 Å². The molecule has 0 radical (unpaired) electrons. The van der Waals surface area contributed by atoms with E-state index in [4.69, 9.17) is 9.47 Å². The number of nitrogens with zero attached hydrogens (tertiary/aromatic N) is 4. The number of amides is 1. The predicted molar refractivity (Wildman–Crippen MR) is 157 cm³/mol. The third-order valence-corrected chi connectivity index (χ3v) is 8.78. The summed E-state index contributed by atoms with van der Waals surface area (Å²) < 4.78 is 41.9. The number of hydrogen-bond donors (Lipinski definition) is 0. The molecule has 1 aromatic heterocycles. The number of carbonyl (C=O) groups is 1. The van der Waals surface area contributed by atoms with Crippen LogP contribution in [-0.2, 0) is 16.0 Å². The molecule has 0 saturated carbocycles. The van der Waals surface area contributed by atoms with Gasteiger partial charge in [0.2, 0.25) is 0 Å². The summed E-state index contributed by atoms with van der Waals surface area (Å²) in [4.78, 5) is 35.7. The van der Waals surface area contributed by atoms with Gasteiger partial charge in [0.15, 0.2) is 0 Å². The smallest absolute Gasteiger partial charge is 0.410 e. The molecule has 8 nitrogen and oxygen atoms in total. The average Bonchev–Trinajstić information content (AvgIpc) is 3.06. The van der Waals surface area contributed by atoms with Gasteiger partial charge in [-0.25, -0.2) is 18.4 Å². The first-order chi connectivity index (χ1) is 19.3. The third-order valence-electron chi connectivity index (χ3n) is 7.55. The predicted octanol–water partition coefficient (Wildman–Crippen LogP) is 5.60. The number of carbonyl (C=O) groups excluding carboxylic acids is 1. The monoisotopic (exact) mass is 586 g/mol. The minimum absolute atomic E-state index is 0.205. The fourth-order valence-electron chi connectivity index (χ4n) is 5.85. The molecule has 0 bridgehead atoms. The molecule has 0 aliphatic carbocycles. The molecule has 0 unspecified atom stereocenters. The Balaban J connectivity index is 1.66. The molecule has 0 spiro atoms. The fraction of sp³-hybridized carbons (Fsp3) is 0.500. The second kappa shape index (κ2) is 10.9. The summed E-state index contributed by atoms with van der Waals surface area (Å²) in [5, 5.41) is 0.762. The molecule has 1 saturated heterocycles. The summed E-state index contributed by atoms with van der Waals surface area (Å²) >= 11 is 1.50. The number of piperazine rings is 1. The summed E-state index contributed by atoms with van der Waals surface area (Å²) in [5.41, 5.74) is 1.29. The molecule has 41 heavy (non-hydrogen) atoms. The second-order valence-electron chi connectivity index (χ2n) is 11.9. The van der Waals surface area contributed by atoms with E-state index in [9.17, 15) is 14.0 Å². The van der Waals surface area contributed by atoms with E-state index in [2.05, 4.69) is 4.98 Å². The van der Waals surface area contributed by atoms with Crippen molar-refractivity contribution in [3.63, 3.8) is 0 Å². The number of ether oxygens (including phenoxy) is 2. The van der Waals surface area contributed by atoms with Gasteiger partial charge in [0, 0.05) is 53.4 Å². The molecule has 1 amide bonds. The lowest BCUT2D eigenvalue weighted by Crippen LogP contribution is -2.59. The van der Waals surface area contributed by atoms with Crippen molar-refractivity contribution in [2.45, 2.75) is 76.8 Å². The van der Waals surface area contributed by atoms with Gasteiger partial charge in [-0.1, -0.05) is 0 Å². The Morgan fingerprint density at radius 2 is 1.78 bits per heavy atom. The van der Waals surface area contributed by atoms with Crippen molar-refractivity contribution in [1.82, 2.24) is 14.5 Å². The van der Waals surface area contributed by atoms with Crippen molar-refractivity contribution in [2.24, 2.45) is 0 Å². The summed E-state index contributed by atoms with van der Waals surface area (Å²) in [6.07, 6.45) is -0.632. The van der Waals surface area contributed by atoms with Crippen molar-refractivity contribution >= 4 is 34.6 Å². The number of aromatic nitrogens is 2. The van der Waals surface area contributed by atoms with Gasteiger partial charge in [-0.2, -0.15) is 4.98 Å². The molecule has 5 rings (SSSR count). The van der Waals surface area contributed by atoms with Gasteiger partial charge in [0.25, 0.3) is 0 Å². The van der Waals surface area contributed by atoms with Crippen molar-refractivity contribution in [2.75, 3.05) is 30.9 Å². The number of thioether (sulfide) groups is 1. The van der Waals surface area contributed by atoms with E-state index in [-0.39, 0.29) is 29.8 Å². The van der Waals surface area contributed by atoms with Crippen LogP contribution in [-0.4, -0.2) is 70.3 Å². The summed E-state index contributed by atoms with van der Waals surface area (Å²) in [5.74, 6) is -0.249. The summed E-state index contributed by atoms with van der Waals surface area (Å²) in [7, 11) is 1.60. The van der Waals surface area contributed by atoms with Crippen LogP contribution in [0.4, 0.5) is 19.4 Å². The van der Waals surface area contributed by atoms with E-state index < -0.39 is 22.9 Å². The van der Waals surface area contributed by atoms with Crippen LogP contribution in [0.15, 0.2) is 34.0 Å². The van der Waals surface area contributed by atoms with Crippen LogP contribution in [0.1, 0.15) is 40.2 Å². The Bertz CT molecular complexity index is 1560. The van der Waals surface area contributed by atoms with Crippen LogP contribution >= 0.6 is 11.8 Å². The number of anilines is 1. The lowest BCUT2D eigenvalue weighted by atomic mass is 9.97. The highest BCUT2D eigenvalue weighted by Gasteiger charge is 2.37. The van der Waals surface area contributed by atoms with Crippen molar-refractivity contribution in [3.05, 3.63) is 51.9 Å². The first-order valence-electron chi connectivity index (χ1n) is 13.7. The van der Waals surface area contributed by atoms with Crippen LogP contribution in [0.5, 0.6) is 0 Å². The molecule has 3 heterocycles. The molecular weight excluding hydrogens is 550 g/mol. The van der Waals surface area contributed by atoms with Gasteiger partial charge >= 0.3 is 11.8 Å². The van der Waals surface area contributed by atoms with Crippen LogP contribution in [0.2, 0.25) is 0 Å². The highest BCUT2D eigenvalue weighted by atomic mass is 32.2. The molecular formula is C30H36F2N4O4S. The maximum atomic E-state index is 15.1. The number of methoxy groups -OCH3 is 1. The summed E-state index contributed by atoms with van der Waals surface area (Å²) in [6.45, 7) is 12.5. The van der Waals surface area contributed by atoms with Crippen molar-refractivity contribution in [3.8, 4) is 11.1 Å². The Morgan fingerprint density at radius 1 is 1.10 bits per heavy atom. The van der Waals surface area contributed by atoms with E-state index in [1.165, 1.54) is 23.9 Å². The van der Waals surface area contributed by atoms with Crippen molar-refractivity contribution in [1.29, 1.82) is 0 Å². The van der Waals surface area contributed by atoms with Gasteiger partial charge in [-0.15, -0.1) is 11.8 Å². The standard InChI is InChI=1S/C30H36F2N4O4S/c1-16-10-22-25-26(24(16)21-9-8-19(31)11-23(21)32)41-15-20(39-7)14-35(25)28(37)33-27(22)34-12-17(2)36(18(3)13-34)29(38)40-30(4,5)6/h8-11,17-18,20H,12-15H2,1-7H3/t17-,18+,20-/m0/s1. The fourth-order valence-corrected chi connectivity index (χ4v) is 7.21. The number of hydrogen-bond acceptors (Lipinski definition) is 7. The maximum Gasteiger partial charge on any atom is 0.410 e. The second-order valence-corrected chi connectivity index (χ2v) is 12.9. The van der Waals surface area contributed by atoms with E-state index in [1.807, 2.05) is 52.5 Å². The lowest BCUT2D eigenvalue weighted by molar-refractivity contribution is 0.00562. The van der Waals surface area contributed by atoms with Gasteiger partial charge in [-0.05, 0) is 65.3 Å². The number of aryl methyl sites for hydroxylation is 1. The Hall–Kier alpha value is -3.18. The van der Waals surface area contributed by atoms with E-state index in [0.29, 0.717) is 42.3 Å². The van der Waals surface area contributed by atoms with Crippen LogP contribution in [0.3, 0.4) is 0 Å². The Kier molecular flexibility index (Phi) is 7.80. The zero-order valence-corrected chi connectivity index (χ0v) is 25.3. The number of benzene rings is 2. The van der Waals surface area contributed by atoms with Crippen LogP contribution < -0.4 is 10.6 Å². The van der Waals surface area contributed by atoms with Gasteiger partial charge in [0.05, 0.1) is 30.2 Å². The number of halogens is 2. The SMILES string of the molecule is CO[C@@H]1CSc2c(-c3ccc(F)cc3F)c(C)cc3c(N4C[C@@H](C)N(C(=O)OC(C)(C)C)[C@@H](C)C4)nc(=O)n(c23)C1. The quantitative estimate of drug-likeness (QED) is 0.395. The topological polar surface area (TPSA) is 76.9 Å². The molecule has 2 aliphatic heterocycles. The molecule has 11 heteroatoms. The highest BCUT2D eigenvalue weighted by molar-refractivity contribution is 7.99. The van der Waals surface area contributed by atoms with E-state index >= 15 is 4.39 Å². The molecule has 1 fully saturated rings. The molecule has 2 aliphatic rings. The van der Waals surface area contributed by atoms with Crippen LogP contribution in [0, 0.1) is 18.6 Å². The first kappa shape index (κ1) is 29.3. The third kappa shape index (κ3) is 5.53. The Labute approximate surface area is 242 Å². The van der Waals surface area contributed by atoms with Gasteiger partial charge in [-0.3, -0.25) is 9.47 Å². The normalized spacial score (nSPS) is 21.2. The van der Waals surface area contributed by atoms with E-state index in [0.717, 1.165) is 21.9 Å². The Morgan fingerprint density at radius 3 is 2.39 bits per heavy atom. The van der Waals surface area contributed by atoms with E-state index in [1.54, 1.807) is 16.6 Å². The molecule has 3 aromatic rings. The summed E-state index contributed by atoms with van der Waals surface area (Å²) in [6, 6.07) is 5.08.